The molecule has 0 aromatic carbocycles. The molecule has 1 aliphatic carbocycles. The molecule has 1 amide bonds. The van der Waals surface area contributed by atoms with E-state index in [1.807, 2.05) is 0 Å². The van der Waals surface area contributed by atoms with E-state index in [1.54, 1.807) is 11.8 Å². The molecule has 2 fully saturated rings. The third-order valence-electron chi connectivity index (χ3n) is 5.40. The van der Waals surface area contributed by atoms with Gasteiger partial charge >= 0.3 is 0 Å². The number of nitrogens with one attached hydrogen (secondary N) is 1. The van der Waals surface area contributed by atoms with E-state index in [0.29, 0.717) is 24.4 Å². The van der Waals surface area contributed by atoms with Gasteiger partial charge in [-0.3, -0.25) is 14.5 Å². The Morgan fingerprint density at radius 2 is 2.08 bits per heavy atom. The minimum atomic E-state index is -0.363. The van der Waals surface area contributed by atoms with Crippen molar-refractivity contribution >= 4 is 17.0 Å². The van der Waals surface area contributed by atoms with Crippen LogP contribution in [0.15, 0.2) is 15.5 Å². The molecule has 0 bridgehead atoms. The lowest BCUT2D eigenvalue weighted by Gasteiger charge is -2.39. The molecule has 2 aromatic rings. The molecule has 3 heterocycles. The van der Waals surface area contributed by atoms with Crippen LogP contribution in [0, 0.1) is 6.92 Å². The number of furan rings is 1. The van der Waals surface area contributed by atoms with Crippen LogP contribution in [0.1, 0.15) is 35.4 Å². The van der Waals surface area contributed by atoms with Crippen LogP contribution in [0.5, 0.6) is 0 Å². The van der Waals surface area contributed by atoms with E-state index in [-0.39, 0.29) is 34.7 Å². The zero-order chi connectivity index (χ0) is 17.6. The largest absolute Gasteiger partial charge is 0.442 e. The molecule has 2 aliphatic rings. The van der Waals surface area contributed by atoms with Crippen LogP contribution in [-0.2, 0) is 0 Å². The minimum absolute atomic E-state index is 0.192. The summed E-state index contributed by atoms with van der Waals surface area (Å²) in [5.74, 6) is 0.221. The molecule has 0 radical (unpaired) electrons. The number of fused-ring (bicyclic) bond motifs is 1. The molecule has 1 saturated heterocycles. The van der Waals surface area contributed by atoms with Crippen LogP contribution < -0.4 is 5.56 Å². The number of rotatable bonds is 2. The zero-order valence-electron chi connectivity index (χ0n) is 14.2. The monoisotopic (exact) mass is 346 g/mol. The van der Waals surface area contributed by atoms with E-state index in [1.165, 1.54) is 6.33 Å². The Morgan fingerprint density at radius 1 is 1.32 bits per heavy atom. The maximum Gasteiger partial charge on any atom is 0.262 e. The smallest absolute Gasteiger partial charge is 0.262 e. The van der Waals surface area contributed by atoms with Gasteiger partial charge in [-0.2, -0.15) is 0 Å². The Morgan fingerprint density at radius 3 is 2.76 bits per heavy atom. The number of aryl methyl sites for hydroxylation is 1. The lowest BCUT2D eigenvalue weighted by Crippen LogP contribution is -2.53. The second kappa shape index (κ2) is 6.27. The van der Waals surface area contributed by atoms with E-state index in [9.17, 15) is 14.7 Å². The van der Waals surface area contributed by atoms with Gasteiger partial charge in [0, 0.05) is 32.2 Å². The summed E-state index contributed by atoms with van der Waals surface area (Å²) < 4.78 is 5.49. The Bertz CT molecular complexity index is 850. The van der Waals surface area contributed by atoms with E-state index in [0.717, 1.165) is 32.4 Å². The molecule has 2 N–H and O–H groups in total. The van der Waals surface area contributed by atoms with Crippen molar-refractivity contribution in [3.63, 3.8) is 0 Å². The van der Waals surface area contributed by atoms with Crippen LogP contribution in [0.3, 0.4) is 0 Å². The topological polar surface area (TPSA) is 103 Å². The highest BCUT2D eigenvalue weighted by molar-refractivity contribution is 6.06. The lowest BCUT2D eigenvalue weighted by molar-refractivity contribution is 0.0315. The predicted octanol–water partition coefficient (Wildman–Crippen LogP) is 0.496. The highest BCUT2D eigenvalue weighted by atomic mass is 16.3. The predicted molar refractivity (Wildman–Crippen MR) is 90.5 cm³/mol. The summed E-state index contributed by atoms with van der Waals surface area (Å²) in [6.45, 7) is 4.30. The van der Waals surface area contributed by atoms with Gasteiger partial charge in [0.2, 0.25) is 5.71 Å². The van der Waals surface area contributed by atoms with Gasteiger partial charge in [0.1, 0.15) is 11.1 Å². The number of H-pyrrole nitrogens is 1. The SMILES string of the molecule is Cc1oc2nc[nH]c(=O)c2c1C(=O)N1CCN([C@@H]2CCC[C@H]2O)CC1. The average Bonchev–Trinajstić information content (AvgIpc) is 3.18. The molecular formula is C17H22N4O4. The maximum atomic E-state index is 13.0. The molecule has 134 valence electrons. The number of amides is 1. The van der Waals surface area contributed by atoms with Crippen molar-refractivity contribution in [3.05, 3.63) is 28.0 Å². The van der Waals surface area contributed by atoms with Crippen LogP contribution >= 0.6 is 0 Å². The molecule has 4 rings (SSSR count). The number of piperazine rings is 1. The van der Waals surface area contributed by atoms with Gasteiger partial charge in [0.15, 0.2) is 0 Å². The summed E-state index contributed by atoms with van der Waals surface area (Å²) in [6, 6.07) is 0.209. The number of aromatic amines is 1. The number of aromatic nitrogens is 2. The average molecular weight is 346 g/mol. The van der Waals surface area contributed by atoms with Crippen molar-refractivity contribution in [3.8, 4) is 0 Å². The highest BCUT2D eigenvalue weighted by Crippen LogP contribution is 2.26. The molecule has 25 heavy (non-hydrogen) atoms. The Kier molecular flexibility index (Phi) is 4.09. The maximum absolute atomic E-state index is 13.0. The molecule has 2 aromatic heterocycles. The molecular weight excluding hydrogens is 324 g/mol. The van der Waals surface area contributed by atoms with Crippen molar-refractivity contribution in [2.45, 2.75) is 38.3 Å². The van der Waals surface area contributed by atoms with Crippen molar-refractivity contribution < 1.29 is 14.3 Å². The zero-order valence-corrected chi connectivity index (χ0v) is 14.2. The third kappa shape index (κ3) is 2.75. The van der Waals surface area contributed by atoms with Gasteiger partial charge in [-0.05, 0) is 26.2 Å². The normalized spacial score (nSPS) is 25.0. The fourth-order valence-electron chi connectivity index (χ4n) is 4.07. The van der Waals surface area contributed by atoms with Gasteiger partial charge in [0.05, 0.1) is 18.0 Å². The Balaban J connectivity index is 1.53. The molecule has 1 aliphatic heterocycles. The van der Waals surface area contributed by atoms with Gasteiger partial charge in [0.25, 0.3) is 11.5 Å². The van der Waals surface area contributed by atoms with Crippen molar-refractivity contribution in [2.24, 2.45) is 0 Å². The Hall–Kier alpha value is -2.19. The number of carbonyl (C=O) groups is 1. The van der Waals surface area contributed by atoms with Crippen LogP contribution in [0.25, 0.3) is 11.1 Å². The van der Waals surface area contributed by atoms with E-state index >= 15 is 0 Å². The van der Waals surface area contributed by atoms with Crippen LogP contribution in [-0.4, -0.2) is 69.1 Å². The standard InChI is InChI=1S/C17H22N4O4/c1-10-13(14-15(23)18-9-19-16(14)25-10)17(24)21-7-5-20(6-8-21)11-3-2-4-12(11)22/h9,11-12,22H,2-8H2,1H3,(H,18,19,23)/t11-,12-/m1/s1. The number of hydrogen-bond donors (Lipinski definition) is 2. The lowest BCUT2D eigenvalue weighted by atomic mass is 10.1. The van der Waals surface area contributed by atoms with Gasteiger partial charge < -0.3 is 19.4 Å². The van der Waals surface area contributed by atoms with Gasteiger partial charge in [-0.15, -0.1) is 0 Å². The summed E-state index contributed by atoms with van der Waals surface area (Å²) in [4.78, 5) is 35.6. The fraction of sp³-hybridized carbons (Fsp3) is 0.588. The fourth-order valence-corrected chi connectivity index (χ4v) is 4.07. The van der Waals surface area contributed by atoms with E-state index in [4.69, 9.17) is 4.42 Å². The first kappa shape index (κ1) is 16.3. The van der Waals surface area contributed by atoms with Gasteiger partial charge in [-0.1, -0.05) is 0 Å². The quantitative estimate of drug-likeness (QED) is 0.821. The van der Waals surface area contributed by atoms with Crippen LogP contribution in [0.4, 0.5) is 0 Å². The van der Waals surface area contributed by atoms with Crippen molar-refractivity contribution in [1.82, 2.24) is 19.8 Å². The molecule has 1 saturated carbocycles. The second-order valence-corrected chi connectivity index (χ2v) is 6.84. The number of aliphatic hydroxyl groups excluding tert-OH is 1. The summed E-state index contributed by atoms with van der Waals surface area (Å²) in [6.07, 6.45) is 3.95. The first-order chi connectivity index (χ1) is 12.1. The summed E-state index contributed by atoms with van der Waals surface area (Å²) in [5, 5.41) is 10.3. The number of aliphatic hydroxyl groups is 1. The minimum Gasteiger partial charge on any atom is -0.442 e. The summed E-state index contributed by atoms with van der Waals surface area (Å²) in [5.41, 5.74) is 0.133. The summed E-state index contributed by atoms with van der Waals surface area (Å²) in [7, 11) is 0. The Labute approximate surface area is 144 Å². The van der Waals surface area contributed by atoms with E-state index < -0.39 is 0 Å². The van der Waals surface area contributed by atoms with Crippen LogP contribution in [0.2, 0.25) is 0 Å². The molecule has 2 atom stereocenters. The summed E-state index contributed by atoms with van der Waals surface area (Å²) >= 11 is 0. The van der Waals surface area contributed by atoms with Crippen molar-refractivity contribution in [1.29, 1.82) is 0 Å². The molecule has 0 spiro atoms. The van der Waals surface area contributed by atoms with Gasteiger partial charge in [-0.25, -0.2) is 4.98 Å². The third-order valence-corrected chi connectivity index (χ3v) is 5.40. The molecule has 8 heteroatoms. The second-order valence-electron chi connectivity index (χ2n) is 6.84. The molecule has 8 nitrogen and oxygen atoms in total. The number of carbonyl (C=O) groups excluding carboxylic acids is 1. The first-order valence-corrected chi connectivity index (χ1v) is 8.74. The van der Waals surface area contributed by atoms with Crippen molar-refractivity contribution in [2.75, 3.05) is 26.2 Å². The number of hydrogen-bond acceptors (Lipinski definition) is 6. The first-order valence-electron chi connectivity index (χ1n) is 8.74. The highest BCUT2D eigenvalue weighted by Gasteiger charge is 2.34. The number of nitrogens with zero attached hydrogens (tertiary/aromatic N) is 3. The van der Waals surface area contributed by atoms with E-state index in [2.05, 4.69) is 14.9 Å². The molecule has 0 unspecified atom stereocenters.